The molecule has 0 aliphatic rings. The van der Waals surface area contributed by atoms with Gasteiger partial charge in [-0.25, -0.2) is 0 Å². The van der Waals surface area contributed by atoms with Gasteiger partial charge in [0.25, 0.3) is 0 Å². The molecule has 0 atom stereocenters. The summed E-state index contributed by atoms with van der Waals surface area (Å²) < 4.78 is 0. The van der Waals surface area contributed by atoms with Crippen LogP contribution in [0.5, 0.6) is 0 Å². The van der Waals surface area contributed by atoms with E-state index in [9.17, 15) is 0 Å². The minimum atomic E-state index is 0.863. The maximum atomic E-state index is 4.22. The number of benzene rings is 3. The van der Waals surface area contributed by atoms with Crippen LogP contribution in [-0.2, 0) is 0 Å². The summed E-state index contributed by atoms with van der Waals surface area (Å²) in [6, 6.07) is 27.0. The van der Waals surface area contributed by atoms with E-state index >= 15 is 0 Å². The molecule has 0 amide bonds. The van der Waals surface area contributed by atoms with Gasteiger partial charge >= 0.3 is 0 Å². The Morgan fingerprint density at radius 2 is 1.40 bits per heavy atom. The summed E-state index contributed by atoms with van der Waals surface area (Å²) in [5.41, 5.74) is 7.14. The Morgan fingerprint density at radius 3 is 2.07 bits per heavy atom. The lowest BCUT2D eigenvalue weighted by Gasteiger charge is -2.26. The van der Waals surface area contributed by atoms with Gasteiger partial charge in [0.2, 0.25) is 0 Å². The zero-order chi connectivity index (χ0) is 21.3. The number of allylic oxidation sites excluding steroid dienone is 4. The van der Waals surface area contributed by atoms with Crippen molar-refractivity contribution in [2.75, 3.05) is 10.2 Å². The largest absolute Gasteiger partial charge is 0.355 e. The lowest BCUT2D eigenvalue weighted by molar-refractivity contribution is 1.15. The molecule has 3 rings (SSSR count). The Balaban J connectivity index is 1.96. The standard InChI is InChI=1S/C28H28N2/c1-5-13-22(3)30(23(4)14-6-2)26-18-12-17-25(21-26)29-28-20-11-10-19-27(28)24-15-8-7-9-16-24/h5-21,29H,3-4H2,1-2H3/b13-5-,14-6-. The Hall–Kier alpha value is -3.78. The van der Waals surface area contributed by atoms with Crippen molar-refractivity contribution in [1.82, 2.24) is 0 Å². The predicted octanol–water partition coefficient (Wildman–Crippen LogP) is 8.08. The number of hydrogen-bond acceptors (Lipinski definition) is 2. The fraction of sp³-hybridized carbons (Fsp3) is 0.0714. The van der Waals surface area contributed by atoms with Crippen LogP contribution in [0.2, 0.25) is 0 Å². The van der Waals surface area contributed by atoms with Crippen molar-refractivity contribution in [3.8, 4) is 11.1 Å². The molecule has 0 heterocycles. The second-order valence-electron chi connectivity index (χ2n) is 6.91. The quantitative estimate of drug-likeness (QED) is 0.390. The molecule has 3 aromatic rings. The average Bonchev–Trinajstić information content (AvgIpc) is 2.76. The van der Waals surface area contributed by atoms with Crippen molar-refractivity contribution in [3.05, 3.63) is 128 Å². The van der Waals surface area contributed by atoms with Gasteiger partial charge in [-0.2, -0.15) is 0 Å². The van der Waals surface area contributed by atoms with Crippen molar-refractivity contribution in [2.45, 2.75) is 13.8 Å². The van der Waals surface area contributed by atoms with E-state index < -0.39 is 0 Å². The second-order valence-corrected chi connectivity index (χ2v) is 6.91. The summed E-state index contributed by atoms with van der Waals surface area (Å²) in [4.78, 5) is 2.05. The van der Waals surface area contributed by atoms with Crippen LogP contribution in [0, 0.1) is 0 Å². The van der Waals surface area contributed by atoms with E-state index in [1.165, 1.54) is 5.56 Å². The molecule has 0 fully saturated rings. The highest BCUT2D eigenvalue weighted by Crippen LogP contribution is 2.32. The van der Waals surface area contributed by atoms with Crippen LogP contribution in [0.4, 0.5) is 17.1 Å². The number of nitrogens with one attached hydrogen (secondary N) is 1. The summed E-state index contributed by atoms with van der Waals surface area (Å²) in [7, 11) is 0. The predicted molar refractivity (Wildman–Crippen MR) is 132 cm³/mol. The Morgan fingerprint density at radius 1 is 0.767 bits per heavy atom. The number of para-hydroxylation sites is 1. The van der Waals surface area contributed by atoms with E-state index in [1.54, 1.807) is 0 Å². The molecule has 0 aliphatic heterocycles. The van der Waals surface area contributed by atoms with Gasteiger partial charge in [-0.15, -0.1) is 0 Å². The molecule has 1 N–H and O–H groups in total. The molecular formula is C28H28N2. The third-order valence-electron chi connectivity index (χ3n) is 4.69. The van der Waals surface area contributed by atoms with E-state index in [0.717, 1.165) is 34.0 Å². The number of rotatable bonds is 8. The van der Waals surface area contributed by atoms with Crippen molar-refractivity contribution in [3.63, 3.8) is 0 Å². The molecule has 3 aromatic carbocycles. The van der Waals surface area contributed by atoms with E-state index in [0.29, 0.717) is 0 Å². The summed E-state index contributed by atoms with van der Waals surface area (Å²) in [5.74, 6) is 0. The number of nitrogens with zero attached hydrogens (tertiary/aromatic N) is 1. The normalized spacial score (nSPS) is 11.0. The molecule has 150 valence electrons. The van der Waals surface area contributed by atoms with Crippen molar-refractivity contribution >= 4 is 17.1 Å². The molecule has 2 heteroatoms. The first-order chi connectivity index (χ1) is 14.6. The first-order valence-corrected chi connectivity index (χ1v) is 10.1. The minimum Gasteiger partial charge on any atom is -0.355 e. The SMILES string of the molecule is C=C(/C=C\C)N(C(=C)/C=C\C)c1cccc(Nc2ccccc2-c2ccccc2)c1. The Labute approximate surface area is 180 Å². The lowest BCUT2D eigenvalue weighted by atomic mass is 10.0. The van der Waals surface area contributed by atoms with Crippen LogP contribution in [0.15, 0.2) is 128 Å². The second kappa shape index (κ2) is 10.1. The van der Waals surface area contributed by atoms with Crippen LogP contribution in [0.3, 0.4) is 0 Å². The fourth-order valence-electron chi connectivity index (χ4n) is 3.39. The Kier molecular flexibility index (Phi) is 7.07. The zero-order valence-electron chi connectivity index (χ0n) is 17.7. The van der Waals surface area contributed by atoms with Gasteiger partial charge in [0, 0.05) is 34.0 Å². The molecule has 0 aromatic heterocycles. The fourth-order valence-corrected chi connectivity index (χ4v) is 3.39. The van der Waals surface area contributed by atoms with Crippen molar-refractivity contribution in [2.24, 2.45) is 0 Å². The molecule has 0 unspecified atom stereocenters. The van der Waals surface area contributed by atoms with E-state index in [4.69, 9.17) is 0 Å². The molecule has 0 spiro atoms. The van der Waals surface area contributed by atoms with Gasteiger partial charge < -0.3 is 10.2 Å². The van der Waals surface area contributed by atoms with Gasteiger partial charge in [-0.05, 0) is 55.8 Å². The monoisotopic (exact) mass is 392 g/mol. The third kappa shape index (κ3) is 4.98. The molecule has 30 heavy (non-hydrogen) atoms. The smallest absolute Gasteiger partial charge is 0.0481 e. The third-order valence-corrected chi connectivity index (χ3v) is 4.69. The molecule has 0 aliphatic carbocycles. The highest BCUT2D eigenvalue weighted by Gasteiger charge is 2.12. The highest BCUT2D eigenvalue weighted by atomic mass is 15.1. The van der Waals surface area contributed by atoms with Crippen LogP contribution in [0.1, 0.15) is 13.8 Å². The van der Waals surface area contributed by atoms with Crippen molar-refractivity contribution in [1.29, 1.82) is 0 Å². The lowest BCUT2D eigenvalue weighted by Crippen LogP contribution is -2.18. The van der Waals surface area contributed by atoms with Crippen LogP contribution in [0.25, 0.3) is 11.1 Å². The summed E-state index contributed by atoms with van der Waals surface area (Å²) in [6.07, 6.45) is 7.94. The number of anilines is 3. The molecule has 0 saturated heterocycles. The average molecular weight is 393 g/mol. The van der Waals surface area contributed by atoms with Crippen molar-refractivity contribution < 1.29 is 0 Å². The zero-order valence-corrected chi connectivity index (χ0v) is 17.7. The van der Waals surface area contributed by atoms with Crippen LogP contribution < -0.4 is 10.2 Å². The van der Waals surface area contributed by atoms with Gasteiger partial charge in [-0.3, -0.25) is 0 Å². The first kappa shape index (κ1) is 20.9. The van der Waals surface area contributed by atoms with Crippen LogP contribution in [-0.4, -0.2) is 0 Å². The van der Waals surface area contributed by atoms with E-state index in [1.807, 2.05) is 61.3 Å². The highest BCUT2D eigenvalue weighted by molar-refractivity contribution is 5.81. The van der Waals surface area contributed by atoms with E-state index in [-0.39, 0.29) is 0 Å². The summed E-state index contributed by atoms with van der Waals surface area (Å²) in [6.45, 7) is 12.4. The van der Waals surface area contributed by atoms with Gasteiger partial charge in [-0.1, -0.05) is 79.9 Å². The molecule has 0 saturated carbocycles. The molecule has 2 nitrogen and oxygen atoms in total. The molecule has 0 bridgehead atoms. The summed E-state index contributed by atoms with van der Waals surface area (Å²) >= 11 is 0. The van der Waals surface area contributed by atoms with E-state index in [2.05, 4.69) is 79.1 Å². The topological polar surface area (TPSA) is 15.3 Å². The maximum absolute atomic E-state index is 4.22. The summed E-state index contributed by atoms with van der Waals surface area (Å²) in [5, 5.41) is 3.59. The maximum Gasteiger partial charge on any atom is 0.0481 e. The molecule has 0 radical (unpaired) electrons. The van der Waals surface area contributed by atoms with Gasteiger partial charge in [0.05, 0.1) is 0 Å². The number of hydrogen-bond donors (Lipinski definition) is 1. The minimum absolute atomic E-state index is 0.863. The Bertz CT molecular complexity index is 1050. The molecular weight excluding hydrogens is 364 g/mol. The van der Waals surface area contributed by atoms with Crippen LogP contribution >= 0.6 is 0 Å². The van der Waals surface area contributed by atoms with Gasteiger partial charge in [0.15, 0.2) is 0 Å². The first-order valence-electron chi connectivity index (χ1n) is 10.1. The van der Waals surface area contributed by atoms with Gasteiger partial charge in [0.1, 0.15) is 0 Å².